The Balaban J connectivity index is 1.80. The van der Waals surface area contributed by atoms with Crippen molar-refractivity contribution in [2.75, 3.05) is 0 Å². The van der Waals surface area contributed by atoms with E-state index in [4.69, 9.17) is 0 Å². The van der Waals surface area contributed by atoms with Gasteiger partial charge in [-0.1, -0.05) is 86.4 Å². The fourth-order valence-corrected chi connectivity index (χ4v) is 13.5. The molecule has 0 nitrogen and oxygen atoms in total. The molecule has 0 bridgehead atoms. The van der Waals surface area contributed by atoms with Crippen LogP contribution >= 0.6 is 86.4 Å². The van der Waals surface area contributed by atoms with Gasteiger partial charge in [0, 0.05) is 46.0 Å². The van der Waals surface area contributed by atoms with Crippen molar-refractivity contribution in [1.29, 1.82) is 0 Å². The van der Waals surface area contributed by atoms with Crippen LogP contribution in [-0.2, 0) is 46.0 Å². The monoisotopic (exact) mass is 488 g/mol. The predicted molar refractivity (Wildman–Crippen MR) is 134 cm³/mol. The highest BCUT2D eigenvalue weighted by atomic mass is 33.1. The number of benzene rings is 2. The van der Waals surface area contributed by atoms with Gasteiger partial charge in [0.05, 0.1) is 0 Å². The summed E-state index contributed by atoms with van der Waals surface area (Å²) in [4.78, 5) is 0. The summed E-state index contributed by atoms with van der Waals surface area (Å²) in [5, 5.41) is 3.40. The number of rotatable bonds is 0. The summed E-state index contributed by atoms with van der Waals surface area (Å²) in [6.45, 7) is 0. The third kappa shape index (κ3) is 2.83. The molecule has 0 unspecified atom stereocenters. The first kappa shape index (κ1) is 18.3. The van der Waals surface area contributed by atoms with Gasteiger partial charge in [-0.2, -0.15) is 0 Å². The third-order valence-corrected chi connectivity index (χ3v) is 14.3. The van der Waals surface area contributed by atoms with Crippen LogP contribution in [0.5, 0.6) is 0 Å². The Morgan fingerprint density at radius 3 is 0.692 bits per heavy atom. The Morgan fingerprint density at radius 2 is 0.462 bits per heavy atom. The zero-order valence-electron chi connectivity index (χ0n) is 13.9. The lowest BCUT2D eigenvalue weighted by atomic mass is 9.83. The normalized spacial score (nSPS) is 21.7. The van der Waals surface area contributed by atoms with Crippen molar-refractivity contribution in [3.05, 3.63) is 44.5 Å². The van der Waals surface area contributed by atoms with Crippen LogP contribution in [0.4, 0.5) is 0 Å². The van der Waals surface area contributed by atoms with Gasteiger partial charge in [0.2, 0.25) is 0 Å². The molecule has 4 heterocycles. The van der Waals surface area contributed by atoms with E-state index >= 15 is 0 Å². The van der Waals surface area contributed by atoms with Crippen molar-refractivity contribution in [3.63, 3.8) is 0 Å². The second-order valence-corrected chi connectivity index (χ2v) is 16.5. The fraction of sp³-hybridized carbons (Fsp3) is 0.444. The SMILES string of the molecule is C1SSCc2c1c1c(c3c4c(c5c(c23)CSSC5)CSSC4)CSSC1. The largest absolute Gasteiger partial charge is 0.0890 e. The zero-order chi connectivity index (χ0) is 17.1. The van der Waals surface area contributed by atoms with Crippen LogP contribution in [-0.4, -0.2) is 0 Å². The molecule has 2 aromatic carbocycles. The summed E-state index contributed by atoms with van der Waals surface area (Å²) < 4.78 is 0. The lowest BCUT2D eigenvalue weighted by molar-refractivity contribution is 1.14. The van der Waals surface area contributed by atoms with Gasteiger partial charge in [-0.25, -0.2) is 0 Å². The number of fused-ring (bicyclic) bond motifs is 11. The Hall–Kier alpha value is 1.50. The highest BCUT2D eigenvalue weighted by Crippen LogP contribution is 2.55. The van der Waals surface area contributed by atoms with Crippen LogP contribution in [0, 0.1) is 0 Å². The maximum atomic E-state index is 2.07. The van der Waals surface area contributed by atoms with E-state index in [1.807, 2.05) is 0 Å². The summed E-state index contributed by atoms with van der Waals surface area (Å²) in [5.41, 5.74) is 13.7. The van der Waals surface area contributed by atoms with Crippen molar-refractivity contribution in [2.45, 2.75) is 46.0 Å². The maximum Gasteiger partial charge on any atom is 0.0298 e. The van der Waals surface area contributed by atoms with E-state index in [0.29, 0.717) is 0 Å². The van der Waals surface area contributed by atoms with E-state index in [2.05, 4.69) is 86.4 Å². The van der Waals surface area contributed by atoms with Gasteiger partial charge in [-0.15, -0.1) is 0 Å². The molecule has 136 valence electrons. The first-order valence-electron chi connectivity index (χ1n) is 8.55. The van der Waals surface area contributed by atoms with Crippen molar-refractivity contribution in [3.8, 4) is 0 Å². The zero-order valence-corrected chi connectivity index (χ0v) is 20.5. The number of hydrogen-bond acceptors (Lipinski definition) is 8. The number of hydrogen-bond donors (Lipinski definition) is 0. The Morgan fingerprint density at radius 1 is 0.269 bits per heavy atom. The molecule has 6 rings (SSSR count). The molecule has 0 saturated heterocycles. The second kappa shape index (κ2) is 7.64. The molecule has 8 heteroatoms. The lowest BCUT2D eigenvalue weighted by Crippen LogP contribution is -2.15. The van der Waals surface area contributed by atoms with E-state index < -0.39 is 0 Å². The van der Waals surface area contributed by atoms with Crippen LogP contribution in [0.25, 0.3) is 10.8 Å². The second-order valence-electron chi connectivity index (χ2n) is 6.68. The highest BCUT2D eigenvalue weighted by Gasteiger charge is 2.32. The molecule has 0 spiro atoms. The summed E-state index contributed by atoms with van der Waals surface area (Å²) in [7, 11) is 16.6. The van der Waals surface area contributed by atoms with Crippen molar-refractivity contribution in [2.24, 2.45) is 0 Å². The van der Waals surface area contributed by atoms with Gasteiger partial charge in [-0.05, 0) is 55.3 Å². The molecule has 0 atom stereocenters. The predicted octanol–water partition coefficient (Wildman–Crippen LogP) is 8.42. The van der Waals surface area contributed by atoms with Gasteiger partial charge < -0.3 is 0 Å². The third-order valence-electron chi connectivity index (χ3n) is 5.60. The first-order chi connectivity index (χ1) is 12.9. The summed E-state index contributed by atoms with van der Waals surface area (Å²) in [6.07, 6.45) is 0. The molecule has 0 amide bonds. The van der Waals surface area contributed by atoms with Gasteiger partial charge in [0.25, 0.3) is 0 Å². The van der Waals surface area contributed by atoms with Crippen molar-refractivity contribution < 1.29 is 0 Å². The molecular weight excluding hydrogens is 473 g/mol. The van der Waals surface area contributed by atoms with Crippen LogP contribution in [0.2, 0.25) is 0 Å². The molecule has 4 aliphatic heterocycles. The molecular formula is C18H16S8. The average molecular weight is 489 g/mol. The minimum atomic E-state index is 1.20. The summed E-state index contributed by atoms with van der Waals surface area (Å²) in [5.74, 6) is 9.64. The Bertz CT molecular complexity index is 777. The van der Waals surface area contributed by atoms with Gasteiger partial charge in [0.15, 0.2) is 0 Å². The summed E-state index contributed by atoms with van der Waals surface area (Å²) in [6, 6.07) is 0. The van der Waals surface area contributed by atoms with Gasteiger partial charge >= 0.3 is 0 Å². The summed E-state index contributed by atoms with van der Waals surface area (Å²) >= 11 is 0. The smallest absolute Gasteiger partial charge is 0.0298 e. The topological polar surface area (TPSA) is 0 Å². The van der Waals surface area contributed by atoms with E-state index in [1.54, 1.807) is 55.3 Å². The van der Waals surface area contributed by atoms with E-state index in [-0.39, 0.29) is 0 Å². The van der Waals surface area contributed by atoms with Crippen LogP contribution in [0.1, 0.15) is 44.5 Å². The molecule has 0 fully saturated rings. The first-order valence-corrected chi connectivity index (χ1v) is 18.5. The molecule has 0 saturated carbocycles. The van der Waals surface area contributed by atoms with Crippen LogP contribution in [0.3, 0.4) is 0 Å². The molecule has 0 aromatic heterocycles. The Kier molecular flexibility index (Phi) is 5.37. The standard InChI is InChI=1S/C18H16S8/c1-9-10-2-20-24-6-14(10)18-16-8-26-22-4-12(16)11-3-21-25-7-15(11)17(18)13(9)5-23-19-1/h1-8H2. The van der Waals surface area contributed by atoms with E-state index in [0.717, 1.165) is 0 Å². The molecule has 0 aliphatic carbocycles. The van der Waals surface area contributed by atoms with Crippen LogP contribution < -0.4 is 0 Å². The van der Waals surface area contributed by atoms with Gasteiger partial charge in [0.1, 0.15) is 0 Å². The maximum absolute atomic E-state index is 2.07. The lowest BCUT2D eigenvalue weighted by Gasteiger charge is -2.33. The fourth-order valence-electron chi connectivity index (χ4n) is 4.44. The average Bonchev–Trinajstić information content (AvgIpc) is 2.73. The molecule has 2 aromatic rings. The van der Waals surface area contributed by atoms with E-state index in [9.17, 15) is 0 Å². The van der Waals surface area contributed by atoms with Crippen molar-refractivity contribution in [1.82, 2.24) is 0 Å². The van der Waals surface area contributed by atoms with Gasteiger partial charge in [-0.3, -0.25) is 0 Å². The van der Waals surface area contributed by atoms with E-state index in [1.165, 1.54) is 46.0 Å². The molecule has 26 heavy (non-hydrogen) atoms. The quantitative estimate of drug-likeness (QED) is 0.334. The molecule has 4 aliphatic rings. The molecule has 0 N–H and O–H groups in total. The highest BCUT2D eigenvalue weighted by molar-refractivity contribution is 8.77. The minimum absolute atomic E-state index is 1.20. The van der Waals surface area contributed by atoms with Crippen molar-refractivity contribution >= 4 is 97.1 Å². The minimum Gasteiger partial charge on any atom is -0.0890 e. The Labute approximate surface area is 186 Å². The molecule has 0 radical (unpaired) electrons. The van der Waals surface area contributed by atoms with Crippen LogP contribution in [0.15, 0.2) is 0 Å².